The fourth-order valence-electron chi connectivity index (χ4n) is 1.69. The lowest BCUT2D eigenvalue weighted by Crippen LogP contribution is -2.17. The van der Waals surface area contributed by atoms with E-state index in [2.05, 4.69) is 9.72 Å². The van der Waals surface area contributed by atoms with E-state index in [0.29, 0.717) is 10.7 Å². The van der Waals surface area contributed by atoms with Crippen LogP contribution in [0, 0.1) is 0 Å². The van der Waals surface area contributed by atoms with Gasteiger partial charge in [0.25, 0.3) is 0 Å². The van der Waals surface area contributed by atoms with Gasteiger partial charge in [0, 0.05) is 10.9 Å². The summed E-state index contributed by atoms with van der Waals surface area (Å²) in [6.45, 7) is 1.56. The second kappa shape index (κ2) is 7.91. The number of nitrogens with zero attached hydrogens (tertiary/aromatic N) is 1. The number of carbonyl (C=O) groups excluding carboxylic acids is 2. The molecule has 116 valence electrons. The standard InChI is InChI=1S/C15H14ClNO4S/c1-2-20-14(19)8-21-13(18)7-10-9-22-15(17-10)11-5-3-4-6-12(11)16/h3-6,9H,2,7-8H2,1H3. The van der Waals surface area contributed by atoms with Crippen LogP contribution in [0.1, 0.15) is 12.6 Å². The molecule has 0 N–H and O–H groups in total. The van der Waals surface area contributed by atoms with Crippen molar-refractivity contribution in [3.05, 3.63) is 40.4 Å². The lowest BCUT2D eigenvalue weighted by atomic mass is 10.2. The van der Waals surface area contributed by atoms with Crippen molar-refractivity contribution in [3.63, 3.8) is 0 Å². The minimum Gasteiger partial charge on any atom is -0.463 e. The molecule has 0 spiro atoms. The average Bonchev–Trinajstić information content (AvgIpc) is 2.94. The molecule has 2 aromatic rings. The first-order chi connectivity index (χ1) is 10.6. The van der Waals surface area contributed by atoms with Crippen molar-refractivity contribution in [1.29, 1.82) is 0 Å². The Labute approximate surface area is 136 Å². The Hall–Kier alpha value is -1.92. The summed E-state index contributed by atoms with van der Waals surface area (Å²) in [4.78, 5) is 27.1. The van der Waals surface area contributed by atoms with Gasteiger partial charge in [-0.2, -0.15) is 0 Å². The highest BCUT2D eigenvalue weighted by Crippen LogP contribution is 2.30. The molecule has 0 amide bonds. The molecule has 0 saturated carbocycles. The van der Waals surface area contributed by atoms with Crippen LogP contribution in [0.3, 0.4) is 0 Å². The molecule has 0 atom stereocenters. The summed E-state index contributed by atoms with van der Waals surface area (Å²) in [5, 5.41) is 3.11. The van der Waals surface area contributed by atoms with Gasteiger partial charge in [0.05, 0.1) is 23.7 Å². The number of hydrogen-bond donors (Lipinski definition) is 0. The zero-order chi connectivity index (χ0) is 15.9. The van der Waals surface area contributed by atoms with E-state index in [1.165, 1.54) is 11.3 Å². The Morgan fingerprint density at radius 1 is 1.23 bits per heavy atom. The van der Waals surface area contributed by atoms with E-state index >= 15 is 0 Å². The van der Waals surface area contributed by atoms with Crippen LogP contribution in [-0.4, -0.2) is 30.1 Å². The first-order valence-corrected chi connectivity index (χ1v) is 7.86. The highest BCUT2D eigenvalue weighted by molar-refractivity contribution is 7.13. The minimum absolute atomic E-state index is 0.000355. The van der Waals surface area contributed by atoms with Gasteiger partial charge >= 0.3 is 11.9 Å². The molecule has 0 unspecified atom stereocenters. The van der Waals surface area contributed by atoms with Gasteiger partial charge in [-0.05, 0) is 13.0 Å². The minimum atomic E-state index is -0.564. The Morgan fingerprint density at radius 3 is 2.73 bits per heavy atom. The lowest BCUT2D eigenvalue weighted by Gasteiger charge is -2.03. The molecular weight excluding hydrogens is 326 g/mol. The largest absolute Gasteiger partial charge is 0.463 e. The molecule has 0 fully saturated rings. The van der Waals surface area contributed by atoms with E-state index in [9.17, 15) is 9.59 Å². The van der Waals surface area contributed by atoms with Crippen LogP contribution < -0.4 is 0 Å². The van der Waals surface area contributed by atoms with Crippen LogP contribution in [-0.2, 0) is 25.5 Å². The summed E-state index contributed by atoms with van der Waals surface area (Å²) in [5.41, 5.74) is 1.40. The Balaban J connectivity index is 1.94. The van der Waals surface area contributed by atoms with Crippen molar-refractivity contribution in [3.8, 4) is 10.6 Å². The molecular formula is C15H14ClNO4S. The van der Waals surface area contributed by atoms with Crippen LogP contribution in [0.5, 0.6) is 0 Å². The van der Waals surface area contributed by atoms with Crippen molar-refractivity contribution in [2.75, 3.05) is 13.2 Å². The Kier molecular flexibility index (Phi) is 5.91. The summed E-state index contributed by atoms with van der Waals surface area (Å²) >= 11 is 7.51. The van der Waals surface area contributed by atoms with Gasteiger partial charge < -0.3 is 9.47 Å². The van der Waals surface area contributed by atoms with Crippen molar-refractivity contribution in [2.45, 2.75) is 13.3 Å². The van der Waals surface area contributed by atoms with E-state index < -0.39 is 11.9 Å². The summed E-state index contributed by atoms with van der Waals surface area (Å²) in [5.74, 6) is -1.09. The van der Waals surface area contributed by atoms with Crippen molar-refractivity contribution >= 4 is 34.9 Å². The predicted molar refractivity (Wildman–Crippen MR) is 83.9 cm³/mol. The molecule has 0 aliphatic rings. The smallest absolute Gasteiger partial charge is 0.344 e. The molecule has 2 rings (SSSR count). The second-order valence-corrected chi connectivity index (χ2v) is 5.53. The highest BCUT2D eigenvalue weighted by atomic mass is 35.5. The number of rotatable bonds is 6. The topological polar surface area (TPSA) is 65.5 Å². The normalized spacial score (nSPS) is 10.3. The lowest BCUT2D eigenvalue weighted by molar-refractivity contribution is -0.158. The van der Waals surface area contributed by atoms with Crippen molar-refractivity contribution in [1.82, 2.24) is 4.98 Å². The maximum Gasteiger partial charge on any atom is 0.344 e. The summed E-state index contributed by atoms with van der Waals surface area (Å²) in [6, 6.07) is 7.36. The van der Waals surface area contributed by atoms with Gasteiger partial charge in [-0.3, -0.25) is 4.79 Å². The van der Waals surface area contributed by atoms with E-state index in [0.717, 1.165) is 10.6 Å². The van der Waals surface area contributed by atoms with Crippen molar-refractivity contribution < 1.29 is 19.1 Å². The molecule has 1 aromatic heterocycles. The van der Waals surface area contributed by atoms with E-state index in [-0.39, 0.29) is 19.6 Å². The third-order valence-electron chi connectivity index (χ3n) is 2.64. The molecule has 0 radical (unpaired) electrons. The van der Waals surface area contributed by atoms with Crippen LogP contribution >= 0.6 is 22.9 Å². The maximum absolute atomic E-state index is 11.6. The zero-order valence-electron chi connectivity index (χ0n) is 11.9. The number of aromatic nitrogens is 1. The van der Waals surface area contributed by atoms with Gasteiger partial charge in [-0.1, -0.05) is 29.8 Å². The highest BCUT2D eigenvalue weighted by Gasteiger charge is 2.13. The van der Waals surface area contributed by atoms with Gasteiger partial charge in [-0.25, -0.2) is 9.78 Å². The molecule has 22 heavy (non-hydrogen) atoms. The molecule has 0 bridgehead atoms. The third kappa shape index (κ3) is 4.54. The number of esters is 2. The molecule has 0 saturated heterocycles. The number of halogens is 1. The van der Waals surface area contributed by atoms with Gasteiger partial charge in [-0.15, -0.1) is 11.3 Å². The first-order valence-electron chi connectivity index (χ1n) is 6.60. The maximum atomic E-state index is 11.6. The van der Waals surface area contributed by atoms with E-state index in [1.807, 2.05) is 18.2 Å². The molecule has 5 nitrogen and oxygen atoms in total. The fourth-order valence-corrected chi connectivity index (χ4v) is 2.83. The zero-order valence-corrected chi connectivity index (χ0v) is 13.4. The third-order valence-corrected chi connectivity index (χ3v) is 3.89. The van der Waals surface area contributed by atoms with E-state index in [4.69, 9.17) is 16.3 Å². The molecule has 0 aliphatic heterocycles. The van der Waals surface area contributed by atoms with Gasteiger partial charge in [0.2, 0.25) is 0 Å². The van der Waals surface area contributed by atoms with Crippen LogP contribution in [0.4, 0.5) is 0 Å². The Morgan fingerprint density at radius 2 is 2.00 bits per heavy atom. The van der Waals surface area contributed by atoms with Crippen LogP contribution in [0.2, 0.25) is 5.02 Å². The summed E-state index contributed by atoms with van der Waals surface area (Å²) < 4.78 is 9.50. The number of ether oxygens (including phenoxy) is 2. The molecule has 0 aliphatic carbocycles. The quantitative estimate of drug-likeness (QED) is 0.756. The van der Waals surface area contributed by atoms with Gasteiger partial charge in [0.1, 0.15) is 5.01 Å². The molecule has 1 heterocycles. The Bertz CT molecular complexity index is 671. The SMILES string of the molecule is CCOC(=O)COC(=O)Cc1csc(-c2ccccc2Cl)n1. The first kappa shape index (κ1) is 16.5. The molecule has 1 aromatic carbocycles. The number of carbonyl (C=O) groups is 2. The number of benzene rings is 1. The monoisotopic (exact) mass is 339 g/mol. The van der Waals surface area contributed by atoms with Crippen LogP contribution in [0.25, 0.3) is 10.6 Å². The predicted octanol–water partition coefficient (Wildman–Crippen LogP) is 3.11. The number of thiazole rings is 1. The van der Waals surface area contributed by atoms with E-state index in [1.54, 1.807) is 18.4 Å². The second-order valence-electron chi connectivity index (χ2n) is 4.27. The number of hydrogen-bond acceptors (Lipinski definition) is 6. The van der Waals surface area contributed by atoms with Crippen LogP contribution in [0.15, 0.2) is 29.6 Å². The van der Waals surface area contributed by atoms with Crippen molar-refractivity contribution in [2.24, 2.45) is 0 Å². The summed E-state index contributed by atoms with van der Waals surface area (Å²) in [7, 11) is 0. The van der Waals surface area contributed by atoms with Gasteiger partial charge in [0.15, 0.2) is 6.61 Å². The summed E-state index contributed by atoms with van der Waals surface area (Å²) in [6.07, 6.45) is 0.000355. The molecule has 7 heteroatoms. The fraction of sp³-hybridized carbons (Fsp3) is 0.267. The average molecular weight is 340 g/mol.